The van der Waals surface area contributed by atoms with E-state index in [2.05, 4.69) is 55.4 Å². The molecule has 0 spiro atoms. The first-order valence-electron chi connectivity index (χ1n) is 8.49. The van der Waals surface area contributed by atoms with Crippen molar-refractivity contribution >= 4 is 10.9 Å². The fourth-order valence-electron chi connectivity index (χ4n) is 3.98. The summed E-state index contributed by atoms with van der Waals surface area (Å²) in [6.07, 6.45) is 0. The third-order valence-electron chi connectivity index (χ3n) is 5.42. The summed E-state index contributed by atoms with van der Waals surface area (Å²) in [5.74, 6) is 1.23. The summed E-state index contributed by atoms with van der Waals surface area (Å²) in [5.41, 5.74) is 2.36. The molecule has 2 unspecified atom stereocenters. The van der Waals surface area contributed by atoms with E-state index in [9.17, 15) is 4.39 Å². The fourth-order valence-corrected chi connectivity index (χ4v) is 3.98. The van der Waals surface area contributed by atoms with Crippen LogP contribution in [-0.2, 0) is 13.6 Å². The molecule has 0 radical (unpaired) electrons. The number of fused-ring (bicyclic) bond motifs is 1. The number of nitrogens with zero attached hydrogens (tertiary/aromatic N) is 3. The Bertz CT molecular complexity index is 673. The van der Waals surface area contributed by atoms with Crippen LogP contribution in [0.1, 0.15) is 19.5 Å². The van der Waals surface area contributed by atoms with E-state index in [-0.39, 0.29) is 5.82 Å². The van der Waals surface area contributed by atoms with Gasteiger partial charge in [0.1, 0.15) is 5.82 Å². The van der Waals surface area contributed by atoms with Gasteiger partial charge in [0.2, 0.25) is 0 Å². The van der Waals surface area contributed by atoms with Crippen molar-refractivity contribution < 1.29 is 4.39 Å². The molecule has 0 bridgehead atoms. The van der Waals surface area contributed by atoms with E-state index in [1.165, 1.54) is 5.69 Å². The minimum absolute atomic E-state index is 0.164. The van der Waals surface area contributed by atoms with Crippen molar-refractivity contribution in [1.82, 2.24) is 14.4 Å². The molecular weight excluding hydrogens is 289 g/mol. The van der Waals surface area contributed by atoms with Crippen molar-refractivity contribution in [2.45, 2.75) is 26.4 Å². The second-order valence-electron chi connectivity index (χ2n) is 7.53. The molecule has 23 heavy (non-hydrogen) atoms. The number of hydrogen-bond acceptors (Lipinski definition) is 2. The van der Waals surface area contributed by atoms with Crippen LogP contribution in [0.5, 0.6) is 0 Å². The molecule has 1 fully saturated rings. The Kier molecular flexibility index (Phi) is 4.47. The second kappa shape index (κ2) is 6.25. The molecule has 0 N–H and O–H groups in total. The third-order valence-corrected chi connectivity index (χ3v) is 5.42. The Morgan fingerprint density at radius 1 is 1.22 bits per heavy atom. The first-order chi connectivity index (χ1) is 10.9. The highest BCUT2D eigenvalue weighted by Gasteiger charge is 2.35. The molecule has 4 heteroatoms. The minimum Gasteiger partial charge on any atom is -0.346 e. The summed E-state index contributed by atoms with van der Waals surface area (Å²) in [7, 11) is 6.45. The summed E-state index contributed by atoms with van der Waals surface area (Å²) in [6, 6.07) is 7.78. The van der Waals surface area contributed by atoms with Crippen LogP contribution in [0.3, 0.4) is 0 Å². The van der Waals surface area contributed by atoms with Gasteiger partial charge in [0.25, 0.3) is 0 Å². The topological polar surface area (TPSA) is 11.4 Å². The lowest BCUT2D eigenvalue weighted by atomic mass is 9.91. The maximum atomic E-state index is 13.4. The van der Waals surface area contributed by atoms with Crippen LogP contribution in [0.15, 0.2) is 24.3 Å². The van der Waals surface area contributed by atoms with Crippen molar-refractivity contribution in [2.75, 3.05) is 27.2 Å². The quantitative estimate of drug-likeness (QED) is 0.857. The second-order valence-corrected chi connectivity index (χ2v) is 7.53. The van der Waals surface area contributed by atoms with E-state index < -0.39 is 0 Å². The van der Waals surface area contributed by atoms with Gasteiger partial charge in [0.15, 0.2) is 0 Å². The Hall–Kier alpha value is -1.39. The lowest BCUT2D eigenvalue weighted by Crippen LogP contribution is -2.37. The van der Waals surface area contributed by atoms with Gasteiger partial charge in [-0.2, -0.15) is 0 Å². The molecular formula is C19H28FN3. The van der Waals surface area contributed by atoms with E-state index in [1.807, 2.05) is 6.07 Å². The van der Waals surface area contributed by atoms with Crippen LogP contribution < -0.4 is 0 Å². The van der Waals surface area contributed by atoms with Crippen molar-refractivity contribution in [1.29, 1.82) is 0 Å². The minimum atomic E-state index is -0.164. The number of aromatic nitrogens is 1. The molecule has 2 aromatic rings. The van der Waals surface area contributed by atoms with Crippen molar-refractivity contribution in [3.63, 3.8) is 0 Å². The van der Waals surface area contributed by atoms with Crippen LogP contribution >= 0.6 is 0 Å². The summed E-state index contributed by atoms with van der Waals surface area (Å²) in [5, 5.41) is 0.992. The maximum Gasteiger partial charge on any atom is 0.123 e. The highest BCUT2D eigenvalue weighted by molar-refractivity contribution is 5.81. The zero-order valence-corrected chi connectivity index (χ0v) is 14.9. The fraction of sp³-hybridized carbons (Fsp3) is 0.579. The Balaban J connectivity index is 1.81. The normalized spacial score (nSPS) is 22.8. The predicted octanol–water partition coefficient (Wildman–Crippen LogP) is 3.34. The molecule has 2 heterocycles. The number of likely N-dealkylation sites (N-methyl/N-ethyl adjacent to an activating group) is 1. The van der Waals surface area contributed by atoms with Gasteiger partial charge < -0.3 is 9.47 Å². The number of hydrogen-bond donors (Lipinski definition) is 0. The molecule has 0 amide bonds. The summed E-state index contributed by atoms with van der Waals surface area (Å²) >= 11 is 0. The zero-order chi connectivity index (χ0) is 16.7. The molecule has 0 aliphatic carbocycles. The van der Waals surface area contributed by atoms with E-state index in [4.69, 9.17) is 0 Å². The van der Waals surface area contributed by atoms with Crippen LogP contribution in [0, 0.1) is 17.7 Å². The summed E-state index contributed by atoms with van der Waals surface area (Å²) in [4.78, 5) is 4.90. The monoisotopic (exact) mass is 317 g/mol. The number of halogens is 1. The van der Waals surface area contributed by atoms with Crippen molar-refractivity contribution in [3.05, 3.63) is 35.8 Å². The van der Waals surface area contributed by atoms with Crippen LogP contribution in [0.25, 0.3) is 10.9 Å². The highest BCUT2D eigenvalue weighted by atomic mass is 19.1. The number of rotatable bonds is 4. The summed E-state index contributed by atoms with van der Waals surface area (Å²) < 4.78 is 15.6. The molecule has 1 aliphatic heterocycles. The van der Waals surface area contributed by atoms with Gasteiger partial charge in [-0.3, -0.25) is 4.90 Å². The van der Waals surface area contributed by atoms with Gasteiger partial charge in [0.05, 0.1) is 0 Å². The van der Waals surface area contributed by atoms with Gasteiger partial charge in [-0.25, -0.2) is 4.39 Å². The molecule has 0 saturated carbocycles. The van der Waals surface area contributed by atoms with Crippen LogP contribution in [-0.4, -0.2) is 47.6 Å². The molecule has 1 aromatic heterocycles. The standard InChI is InChI=1S/C19H28FN3/c1-13(2)17-11-23(12-19(17)21(3)4)10-16-9-14-8-15(20)6-7-18(14)22(16)5/h6-9,13,17,19H,10-12H2,1-5H3. The molecule has 2 atom stereocenters. The van der Waals surface area contributed by atoms with E-state index >= 15 is 0 Å². The number of benzene rings is 1. The average Bonchev–Trinajstić information content (AvgIpc) is 3.02. The van der Waals surface area contributed by atoms with E-state index in [1.54, 1.807) is 12.1 Å². The van der Waals surface area contributed by atoms with Crippen LogP contribution in [0.2, 0.25) is 0 Å². The maximum absolute atomic E-state index is 13.4. The number of likely N-dealkylation sites (tertiary alicyclic amines) is 1. The van der Waals surface area contributed by atoms with Gasteiger partial charge in [-0.1, -0.05) is 13.8 Å². The lowest BCUT2D eigenvalue weighted by molar-refractivity contribution is 0.215. The number of aryl methyl sites for hydroxylation is 1. The van der Waals surface area contributed by atoms with E-state index in [0.29, 0.717) is 17.9 Å². The largest absolute Gasteiger partial charge is 0.346 e. The van der Waals surface area contributed by atoms with Crippen molar-refractivity contribution in [2.24, 2.45) is 18.9 Å². The third kappa shape index (κ3) is 3.15. The first kappa shape index (κ1) is 16.5. The van der Waals surface area contributed by atoms with E-state index in [0.717, 1.165) is 30.5 Å². The average molecular weight is 317 g/mol. The Morgan fingerprint density at radius 3 is 2.57 bits per heavy atom. The Labute approximate surface area is 138 Å². The van der Waals surface area contributed by atoms with Crippen LogP contribution in [0.4, 0.5) is 4.39 Å². The van der Waals surface area contributed by atoms with Gasteiger partial charge >= 0.3 is 0 Å². The van der Waals surface area contributed by atoms with Gasteiger partial charge in [-0.05, 0) is 50.2 Å². The Morgan fingerprint density at radius 2 is 1.96 bits per heavy atom. The van der Waals surface area contributed by atoms with Gasteiger partial charge in [0, 0.05) is 49.3 Å². The molecule has 1 aliphatic rings. The molecule has 3 nitrogen and oxygen atoms in total. The van der Waals surface area contributed by atoms with Gasteiger partial charge in [-0.15, -0.1) is 0 Å². The smallest absolute Gasteiger partial charge is 0.123 e. The van der Waals surface area contributed by atoms with Crippen molar-refractivity contribution in [3.8, 4) is 0 Å². The summed E-state index contributed by atoms with van der Waals surface area (Å²) in [6.45, 7) is 7.82. The predicted molar refractivity (Wildman–Crippen MR) is 94.0 cm³/mol. The first-order valence-corrected chi connectivity index (χ1v) is 8.49. The molecule has 1 aromatic carbocycles. The highest BCUT2D eigenvalue weighted by Crippen LogP contribution is 2.29. The lowest BCUT2D eigenvalue weighted by Gasteiger charge is -2.27. The molecule has 126 valence electrons. The zero-order valence-electron chi connectivity index (χ0n) is 14.9. The SMILES string of the molecule is CC(C)C1CN(Cc2cc3cc(F)ccc3n2C)CC1N(C)C. The molecule has 3 rings (SSSR count). The molecule has 1 saturated heterocycles.